The number of anilines is 1. The van der Waals surface area contributed by atoms with Gasteiger partial charge >= 0.3 is 0 Å². The monoisotopic (exact) mass is 294 g/mol. The van der Waals surface area contributed by atoms with Crippen LogP contribution in [0.15, 0.2) is 48.5 Å². The second-order valence-electron chi connectivity index (χ2n) is 5.57. The predicted octanol–water partition coefficient (Wildman–Crippen LogP) is 2.98. The Morgan fingerprint density at radius 3 is 2.55 bits per heavy atom. The highest BCUT2D eigenvalue weighted by Gasteiger charge is 2.33. The maximum absolute atomic E-state index is 12.4. The van der Waals surface area contributed by atoms with Gasteiger partial charge in [-0.3, -0.25) is 9.59 Å². The lowest BCUT2D eigenvalue weighted by Crippen LogP contribution is -2.42. The Balaban J connectivity index is 1.75. The minimum absolute atomic E-state index is 0.0805. The molecule has 0 fully saturated rings. The normalized spacial score (nSPS) is 14.6. The number of nitrogens with zero attached hydrogens (tertiary/aromatic N) is 1. The molecule has 0 bridgehead atoms. The second kappa shape index (κ2) is 5.64. The van der Waals surface area contributed by atoms with Gasteiger partial charge in [0.2, 0.25) is 5.91 Å². The fourth-order valence-electron chi connectivity index (χ4n) is 2.68. The second-order valence-corrected chi connectivity index (χ2v) is 5.57. The summed E-state index contributed by atoms with van der Waals surface area (Å²) < 4.78 is 0. The van der Waals surface area contributed by atoms with Crippen LogP contribution in [0.4, 0.5) is 5.69 Å². The average molecular weight is 294 g/mol. The van der Waals surface area contributed by atoms with Gasteiger partial charge in [-0.15, -0.1) is 0 Å². The van der Waals surface area contributed by atoms with Gasteiger partial charge in [0.1, 0.15) is 6.04 Å². The SMILES string of the molecule is Cc1ccccc1NC(=O)[C@H](C)N1Cc2ccccc2C1=O. The van der Waals surface area contributed by atoms with Gasteiger partial charge in [0.25, 0.3) is 5.91 Å². The third kappa shape index (κ3) is 2.48. The Kier molecular flexibility index (Phi) is 3.67. The van der Waals surface area contributed by atoms with E-state index in [1.54, 1.807) is 11.8 Å². The Morgan fingerprint density at radius 1 is 1.14 bits per heavy atom. The number of nitrogens with one attached hydrogen (secondary N) is 1. The molecule has 4 heteroatoms. The molecule has 2 aromatic carbocycles. The number of hydrogen-bond donors (Lipinski definition) is 1. The van der Waals surface area contributed by atoms with Crippen molar-refractivity contribution in [2.24, 2.45) is 0 Å². The first-order chi connectivity index (χ1) is 10.6. The van der Waals surface area contributed by atoms with Crippen molar-refractivity contribution in [1.82, 2.24) is 4.90 Å². The molecule has 0 saturated carbocycles. The minimum Gasteiger partial charge on any atom is -0.324 e. The molecule has 1 atom stereocenters. The first-order valence-corrected chi connectivity index (χ1v) is 7.33. The molecule has 2 amide bonds. The lowest BCUT2D eigenvalue weighted by molar-refractivity contribution is -0.120. The van der Waals surface area contributed by atoms with E-state index in [-0.39, 0.29) is 11.8 Å². The summed E-state index contributed by atoms with van der Waals surface area (Å²) in [6.45, 7) is 4.19. The summed E-state index contributed by atoms with van der Waals surface area (Å²) in [4.78, 5) is 26.5. The molecule has 0 saturated heterocycles. The standard InChI is InChI=1S/C18H18N2O2/c1-12-7-3-6-10-16(12)19-17(21)13(2)20-11-14-8-4-5-9-15(14)18(20)22/h3-10,13H,11H2,1-2H3,(H,19,21)/t13-/m0/s1. The molecule has 0 radical (unpaired) electrons. The Labute approximate surface area is 129 Å². The summed E-state index contributed by atoms with van der Waals surface area (Å²) >= 11 is 0. The zero-order valence-electron chi connectivity index (χ0n) is 12.7. The zero-order valence-corrected chi connectivity index (χ0v) is 12.7. The molecule has 1 aliphatic rings. The van der Waals surface area contributed by atoms with E-state index < -0.39 is 6.04 Å². The molecule has 22 heavy (non-hydrogen) atoms. The number of carbonyl (C=O) groups is 2. The van der Waals surface area contributed by atoms with Gasteiger partial charge in [0, 0.05) is 17.8 Å². The quantitative estimate of drug-likeness (QED) is 0.946. The number of fused-ring (bicyclic) bond motifs is 1. The lowest BCUT2D eigenvalue weighted by atomic mass is 10.1. The molecule has 0 unspecified atom stereocenters. The van der Waals surface area contributed by atoms with Crippen LogP contribution < -0.4 is 5.32 Å². The first-order valence-electron chi connectivity index (χ1n) is 7.33. The largest absolute Gasteiger partial charge is 0.324 e. The molecule has 4 nitrogen and oxygen atoms in total. The highest BCUT2D eigenvalue weighted by Crippen LogP contribution is 2.25. The number of aryl methyl sites for hydroxylation is 1. The summed E-state index contributed by atoms with van der Waals surface area (Å²) in [6, 6.07) is 14.6. The molecule has 1 aliphatic heterocycles. The van der Waals surface area contributed by atoms with Crippen LogP contribution in [0.5, 0.6) is 0 Å². The fourth-order valence-corrected chi connectivity index (χ4v) is 2.68. The molecule has 0 aliphatic carbocycles. The summed E-state index contributed by atoms with van der Waals surface area (Å²) in [5.41, 5.74) is 3.45. The van der Waals surface area contributed by atoms with Gasteiger partial charge in [0.05, 0.1) is 0 Å². The fraction of sp³-hybridized carbons (Fsp3) is 0.222. The van der Waals surface area contributed by atoms with Crippen molar-refractivity contribution in [2.45, 2.75) is 26.4 Å². The van der Waals surface area contributed by atoms with Crippen LogP contribution in [0.2, 0.25) is 0 Å². The summed E-state index contributed by atoms with van der Waals surface area (Å²) in [7, 11) is 0. The summed E-state index contributed by atoms with van der Waals surface area (Å²) in [6.07, 6.45) is 0. The van der Waals surface area contributed by atoms with Crippen molar-refractivity contribution in [1.29, 1.82) is 0 Å². The molecule has 2 aromatic rings. The van der Waals surface area contributed by atoms with Crippen molar-refractivity contribution in [3.63, 3.8) is 0 Å². The van der Waals surface area contributed by atoms with Gasteiger partial charge in [-0.1, -0.05) is 36.4 Å². The van der Waals surface area contributed by atoms with Gasteiger partial charge in [-0.25, -0.2) is 0 Å². The lowest BCUT2D eigenvalue weighted by Gasteiger charge is -2.23. The maximum atomic E-state index is 12.4. The molecule has 1 N–H and O–H groups in total. The van der Waals surface area contributed by atoms with Crippen molar-refractivity contribution in [3.8, 4) is 0 Å². The number of amides is 2. The molecule has 0 aromatic heterocycles. The van der Waals surface area contributed by atoms with Crippen molar-refractivity contribution >= 4 is 17.5 Å². The highest BCUT2D eigenvalue weighted by atomic mass is 16.2. The third-order valence-electron chi connectivity index (χ3n) is 4.10. The smallest absolute Gasteiger partial charge is 0.255 e. The van der Waals surface area contributed by atoms with Crippen molar-refractivity contribution in [2.75, 3.05) is 5.32 Å². The molecule has 112 valence electrons. The van der Waals surface area contributed by atoms with Crippen LogP contribution >= 0.6 is 0 Å². The van der Waals surface area contributed by atoms with E-state index in [4.69, 9.17) is 0 Å². The number of para-hydroxylation sites is 1. The van der Waals surface area contributed by atoms with Crippen LogP contribution in [-0.2, 0) is 11.3 Å². The number of benzene rings is 2. The van der Waals surface area contributed by atoms with Gasteiger partial charge in [-0.2, -0.15) is 0 Å². The Hall–Kier alpha value is -2.62. The first kappa shape index (κ1) is 14.3. The zero-order chi connectivity index (χ0) is 15.7. The molecule has 1 heterocycles. The van der Waals surface area contributed by atoms with Gasteiger partial charge in [0.15, 0.2) is 0 Å². The number of hydrogen-bond acceptors (Lipinski definition) is 2. The predicted molar refractivity (Wildman–Crippen MR) is 85.6 cm³/mol. The van der Waals surface area contributed by atoms with Gasteiger partial charge < -0.3 is 10.2 Å². The van der Waals surface area contributed by atoms with Crippen LogP contribution in [0.25, 0.3) is 0 Å². The van der Waals surface area contributed by atoms with Gasteiger partial charge in [-0.05, 0) is 37.1 Å². The van der Waals surface area contributed by atoms with E-state index in [0.29, 0.717) is 12.1 Å². The van der Waals surface area contributed by atoms with Crippen molar-refractivity contribution in [3.05, 3.63) is 65.2 Å². The number of carbonyl (C=O) groups excluding carboxylic acids is 2. The maximum Gasteiger partial charge on any atom is 0.255 e. The van der Waals surface area contributed by atoms with E-state index >= 15 is 0 Å². The van der Waals surface area contributed by atoms with E-state index in [0.717, 1.165) is 16.8 Å². The summed E-state index contributed by atoms with van der Waals surface area (Å²) in [5, 5.41) is 2.90. The highest BCUT2D eigenvalue weighted by molar-refractivity contribution is 6.03. The Morgan fingerprint density at radius 2 is 1.82 bits per heavy atom. The molecule has 3 rings (SSSR count). The van der Waals surface area contributed by atoms with Crippen LogP contribution in [0.1, 0.15) is 28.4 Å². The Bertz CT molecular complexity index is 739. The third-order valence-corrected chi connectivity index (χ3v) is 4.10. The van der Waals surface area contributed by atoms with E-state index in [2.05, 4.69) is 5.32 Å². The van der Waals surface area contributed by atoms with Crippen LogP contribution in [0.3, 0.4) is 0 Å². The molecule has 0 spiro atoms. The topological polar surface area (TPSA) is 49.4 Å². The van der Waals surface area contributed by atoms with Crippen LogP contribution in [-0.4, -0.2) is 22.8 Å². The minimum atomic E-state index is -0.514. The van der Waals surface area contributed by atoms with E-state index in [9.17, 15) is 9.59 Å². The van der Waals surface area contributed by atoms with Crippen molar-refractivity contribution < 1.29 is 9.59 Å². The average Bonchev–Trinajstić information content (AvgIpc) is 2.86. The van der Waals surface area contributed by atoms with Crippen LogP contribution in [0, 0.1) is 6.92 Å². The molecular formula is C18H18N2O2. The number of rotatable bonds is 3. The van der Waals surface area contributed by atoms with E-state index in [1.165, 1.54) is 0 Å². The van der Waals surface area contributed by atoms with E-state index in [1.807, 2.05) is 55.5 Å². The molecular weight excluding hydrogens is 276 g/mol. The summed E-state index contributed by atoms with van der Waals surface area (Å²) in [5.74, 6) is -0.251.